The Kier molecular flexibility index (Phi) is 1.43. The van der Waals surface area contributed by atoms with Crippen molar-refractivity contribution in [2.45, 2.75) is 6.04 Å². The van der Waals surface area contributed by atoms with E-state index in [4.69, 9.17) is 4.74 Å². The first-order valence-corrected chi connectivity index (χ1v) is 2.62. The van der Waals surface area contributed by atoms with Gasteiger partial charge in [0, 0.05) is 0 Å². The van der Waals surface area contributed by atoms with Crippen molar-refractivity contribution in [3.8, 4) is 0 Å². The van der Waals surface area contributed by atoms with Gasteiger partial charge in [-0.1, -0.05) is 0 Å². The molecular formula is C4H5NO2S. The number of ether oxygens (including phenoxy) is 1. The zero-order chi connectivity index (χ0) is 5.98. The molecule has 0 aromatic heterocycles. The fraction of sp³-hybridized carbons (Fsp3) is 0.500. The zero-order valence-corrected chi connectivity index (χ0v) is 4.90. The first-order valence-electron chi connectivity index (χ1n) is 2.21. The Bertz CT molecular complexity index is 125. The van der Waals surface area contributed by atoms with Crippen molar-refractivity contribution in [3.05, 3.63) is 0 Å². The van der Waals surface area contributed by atoms with Crippen LogP contribution in [0.5, 0.6) is 0 Å². The summed E-state index contributed by atoms with van der Waals surface area (Å²) in [5.41, 5.74) is 0. The maximum absolute atomic E-state index is 9.95. The first-order chi connectivity index (χ1) is 3.83. The second-order valence-electron chi connectivity index (χ2n) is 1.49. The molecule has 0 radical (unpaired) electrons. The maximum atomic E-state index is 9.95. The van der Waals surface area contributed by atoms with Gasteiger partial charge in [-0.25, -0.2) is 0 Å². The zero-order valence-electron chi connectivity index (χ0n) is 4.09. The van der Waals surface area contributed by atoms with Gasteiger partial charge in [0.1, 0.15) is 18.9 Å². The van der Waals surface area contributed by atoms with Crippen LogP contribution < -0.4 is 5.32 Å². The van der Waals surface area contributed by atoms with Gasteiger partial charge in [0.15, 0.2) is 0 Å². The smallest absolute Gasteiger partial charge is 0.257 e. The van der Waals surface area contributed by atoms with Crippen LogP contribution in [0, 0.1) is 0 Å². The Morgan fingerprint density at radius 1 is 2.00 bits per heavy atom. The Labute approximate surface area is 52.0 Å². The molecule has 0 saturated carbocycles. The SMILES string of the molecule is O=C[C@H]1COC(=S)N1. The van der Waals surface area contributed by atoms with Gasteiger partial charge in [-0.15, -0.1) is 0 Å². The summed E-state index contributed by atoms with van der Waals surface area (Å²) in [6.45, 7) is 0.377. The van der Waals surface area contributed by atoms with Crippen molar-refractivity contribution >= 4 is 23.7 Å². The molecule has 0 aliphatic carbocycles. The Morgan fingerprint density at radius 3 is 3.00 bits per heavy atom. The third-order valence-electron chi connectivity index (χ3n) is 0.861. The number of aldehydes is 1. The van der Waals surface area contributed by atoms with Crippen LogP contribution in [-0.4, -0.2) is 24.1 Å². The standard InChI is InChI=1S/C4H5NO2S/c6-1-3-2-7-4(8)5-3/h1,3H,2H2,(H,5,8)/t3-/m0/s1. The molecule has 0 aromatic carbocycles. The predicted octanol–water partition coefficient (Wildman–Crippen LogP) is -0.541. The molecule has 1 saturated heterocycles. The molecule has 1 fully saturated rings. The van der Waals surface area contributed by atoms with Gasteiger partial charge in [-0.3, -0.25) is 0 Å². The Balaban J connectivity index is 2.43. The summed E-state index contributed by atoms with van der Waals surface area (Å²) in [5.74, 6) is 0. The molecule has 3 nitrogen and oxygen atoms in total. The maximum Gasteiger partial charge on any atom is 0.257 e. The van der Waals surface area contributed by atoms with Crippen LogP contribution >= 0.6 is 12.2 Å². The van der Waals surface area contributed by atoms with Crippen LogP contribution in [0.4, 0.5) is 0 Å². The summed E-state index contributed by atoms with van der Waals surface area (Å²) in [4.78, 5) is 9.95. The molecule has 1 N–H and O–H groups in total. The van der Waals surface area contributed by atoms with Gasteiger partial charge in [0.05, 0.1) is 0 Å². The van der Waals surface area contributed by atoms with E-state index in [0.29, 0.717) is 11.8 Å². The van der Waals surface area contributed by atoms with E-state index in [1.54, 1.807) is 0 Å². The lowest BCUT2D eigenvalue weighted by Crippen LogP contribution is -2.26. The third kappa shape index (κ3) is 0.949. The topological polar surface area (TPSA) is 38.3 Å². The van der Waals surface area contributed by atoms with Crippen LogP contribution in [0.2, 0.25) is 0 Å². The number of hydrogen-bond acceptors (Lipinski definition) is 3. The number of carbonyl (C=O) groups excluding carboxylic acids is 1. The van der Waals surface area contributed by atoms with Crippen LogP contribution in [0.3, 0.4) is 0 Å². The van der Waals surface area contributed by atoms with Crippen LogP contribution in [0.15, 0.2) is 0 Å². The Morgan fingerprint density at radius 2 is 2.75 bits per heavy atom. The van der Waals surface area contributed by atoms with Gasteiger partial charge >= 0.3 is 0 Å². The summed E-state index contributed by atoms with van der Waals surface area (Å²) in [7, 11) is 0. The van der Waals surface area contributed by atoms with E-state index in [1.165, 1.54) is 0 Å². The quantitative estimate of drug-likeness (QED) is 0.383. The van der Waals surface area contributed by atoms with E-state index in [9.17, 15) is 4.79 Å². The van der Waals surface area contributed by atoms with E-state index in [2.05, 4.69) is 17.5 Å². The van der Waals surface area contributed by atoms with Gasteiger partial charge in [-0.2, -0.15) is 0 Å². The highest BCUT2D eigenvalue weighted by Gasteiger charge is 2.17. The number of thiocarbonyl (C=S) groups is 1. The van der Waals surface area contributed by atoms with Crippen molar-refractivity contribution in [2.75, 3.05) is 6.61 Å². The van der Waals surface area contributed by atoms with E-state index in [-0.39, 0.29) is 6.04 Å². The average molecular weight is 131 g/mol. The Hall–Kier alpha value is -0.640. The molecule has 4 heteroatoms. The highest BCUT2D eigenvalue weighted by atomic mass is 32.1. The molecule has 44 valence electrons. The van der Waals surface area contributed by atoms with Crippen LogP contribution in [0.1, 0.15) is 0 Å². The largest absolute Gasteiger partial charge is 0.468 e. The third-order valence-corrected chi connectivity index (χ3v) is 1.10. The van der Waals surface area contributed by atoms with Gasteiger partial charge in [-0.05, 0) is 12.2 Å². The highest BCUT2D eigenvalue weighted by molar-refractivity contribution is 7.80. The lowest BCUT2D eigenvalue weighted by molar-refractivity contribution is -0.109. The van der Waals surface area contributed by atoms with E-state index in [0.717, 1.165) is 6.29 Å². The van der Waals surface area contributed by atoms with Crippen molar-refractivity contribution in [1.82, 2.24) is 5.32 Å². The van der Waals surface area contributed by atoms with E-state index >= 15 is 0 Å². The molecule has 1 aliphatic heterocycles. The van der Waals surface area contributed by atoms with E-state index < -0.39 is 0 Å². The fourth-order valence-electron chi connectivity index (χ4n) is 0.473. The lowest BCUT2D eigenvalue weighted by Gasteiger charge is -1.91. The minimum Gasteiger partial charge on any atom is -0.468 e. The minimum atomic E-state index is -0.220. The first kappa shape index (κ1) is 5.50. The molecule has 0 amide bonds. The molecule has 0 aromatic rings. The van der Waals surface area contributed by atoms with Crippen LogP contribution in [0.25, 0.3) is 0 Å². The van der Waals surface area contributed by atoms with Gasteiger partial charge in [0.25, 0.3) is 5.17 Å². The summed E-state index contributed by atoms with van der Waals surface area (Å²) >= 11 is 4.57. The molecule has 0 unspecified atom stereocenters. The molecule has 8 heavy (non-hydrogen) atoms. The van der Waals surface area contributed by atoms with Crippen LogP contribution in [-0.2, 0) is 9.53 Å². The molecule has 0 bridgehead atoms. The number of carbonyl (C=O) groups is 1. The monoisotopic (exact) mass is 131 g/mol. The minimum absolute atomic E-state index is 0.220. The highest BCUT2D eigenvalue weighted by Crippen LogP contribution is 1.93. The normalized spacial score (nSPS) is 26.5. The molecular weight excluding hydrogens is 126 g/mol. The summed E-state index contributed by atoms with van der Waals surface area (Å²) in [5, 5.41) is 2.97. The molecule has 1 aliphatic rings. The molecule has 0 spiro atoms. The predicted molar refractivity (Wildman–Crippen MR) is 31.5 cm³/mol. The molecule has 1 rings (SSSR count). The summed E-state index contributed by atoms with van der Waals surface area (Å²) < 4.78 is 4.75. The number of hydrogen-bond donors (Lipinski definition) is 1. The number of rotatable bonds is 1. The van der Waals surface area contributed by atoms with Gasteiger partial charge < -0.3 is 14.8 Å². The average Bonchev–Trinajstić information content (AvgIpc) is 2.14. The number of nitrogens with one attached hydrogen (secondary N) is 1. The molecule has 1 atom stereocenters. The van der Waals surface area contributed by atoms with Crippen molar-refractivity contribution < 1.29 is 9.53 Å². The summed E-state index contributed by atoms with van der Waals surface area (Å²) in [6, 6.07) is -0.220. The fourth-order valence-corrected chi connectivity index (χ4v) is 0.693. The van der Waals surface area contributed by atoms with Gasteiger partial charge in [0.2, 0.25) is 0 Å². The lowest BCUT2D eigenvalue weighted by atomic mass is 10.4. The van der Waals surface area contributed by atoms with Crippen molar-refractivity contribution in [2.24, 2.45) is 0 Å². The van der Waals surface area contributed by atoms with Crippen molar-refractivity contribution in [3.63, 3.8) is 0 Å². The summed E-state index contributed by atoms with van der Waals surface area (Å²) in [6.07, 6.45) is 0.777. The molecule has 1 heterocycles. The second-order valence-corrected chi connectivity index (χ2v) is 1.86. The second kappa shape index (κ2) is 2.09. The van der Waals surface area contributed by atoms with E-state index in [1.807, 2.05) is 0 Å². The van der Waals surface area contributed by atoms with Crippen molar-refractivity contribution in [1.29, 1.82) is 0 Å².